The molecule has 0 aliphatic carbocycles. The number of nitrogens with zero attached hydrogens (tertiary/aromatic N) is 1. The molecule has 5 saturated heterocycles. The number of allylic oxidation sites excluding steroid dienone is 3. The Balaban J connectivity index is 1.36. The number of ketones is 1. The molecule has 0 aromatic rings. The van der Waals surface area contributed by atoms with Crippen LogP contribution in [0.5, 0.6) is 0 Å². The predicted molar refractivity (Wildman–Crippen MR) is 155 cm³/mol. The van der Waals surface area contributed by atoms with E-state index in [1.807, 2.05) is 19.9 Å². The zero-order chi connectivity index (χ0) is 31.4. The van der Waals surface area contributed by atoms with Crippen LogP contribution >= 0.6 is 0 Å². The Morgan fingerprint density at radius 1 is 1.14 bits per heavy atom. The molecule has 0 saturated carbocycles. The number of epoxide rings is 1. The van der Waals surface area contributed by atoms with Gasteiger partial charge in [0.15, 0.2) is 11.6 Å². The average molecular weight is 603 g/mol. The Morgan fingerprint density at radius 2 is 1.84 bits per heavy atom. The SMILES string of the molecule is CNC(=O)C(C)C1C(=O)C(=C(O)C=CC(C)=CC(C)C2O[C@]3(C)OC(CC[C@@]34CO4)C2C)C(=O)N1C1CCC(O)C(C)O1. The highest BCUT2D eigenvalue weighted by atomic mass is 16.8. The lowest BCUT2D eigenvalue weighted by Gasteiger charge is -2.53. The molecule has 5 rings (SSSR count). The average Bonchev–Trinajstić information content (AvgIpc) is 3.71. The number of rotatable bonds is 7. The summed E-state index contributed by atoms with van der Waals surface area (Å²) in [7, 11) is 1.46. The summed E-state index contributed by atoms with van der Waals surface area (Å²) in [5.74, 6) is -3.70. The number of nitrogens with one attached hydrogen (secondary N) is 1. The summed E-state index contributed by atoms with van der Waals surface area (Å²) < 4.78 is 24.5. The number of fused-ring (bicyclic) bond motifs is 3. The molecule has 43 heavy (non-hydrogen) atoms. The number of aliphatic hydroxyl groups excluding tert-OH is 2. The second-order valence-electron chi connectivity index (χ2n) is 13.1. The molecule has 5 aliphatic heterocycles. The molecule has 5 fully saturated rings. The zero-order valence-electron chi connectivity index (χ0n) is 26.2. The Hall–Kier alpha value is -2.57. The fourth-order valence-electron chi connectivity index (χ4n) is 7.26. The van der Waals surface area contributed by atoms with Crippen LogP contribution in [0.15, 0.2) is 35.1 Å². The quantitative estimate of drug-likeness (QED) is 0.132. The molecular weight excluding hydrogens is 556 g/mol. The molecule has 9 unspecified atom stereocenters. The normalized spacial score (nSPS) is 42.4. The topological polar surface area (TPSA) is 147 Å². The minimum absolute atomic E-state index is 0.0119. The molecule has 0 aromatic heterocycles. The van der Waals surface area contributed by atoms with E-state index < -0.39 is 59.5 Å². The van der Waals surface area contributed by atoms with Crippen LogP contribution in [-0.2, 0) is 33.3 Å². The van der Waals surface area contributed by atoms with Crippen molar-refractivity contribution in [2.24, 2.45) is 17.8 Å². The Labute approximate surface area is 253 Å². The van der Waals surface area contributed by atoms with E-state index in [0.717, 1.165) is 18.4 Å². The number of Topliss-reactive ketones (excluding diaryl/α,β-unsaturated/α-hetero) is 1. The fraction of sp³-hybridized carbons (Fsp3) is 0.719. The summed E-state index contributed by atoms with van der Waals surface area (Å²) in [6.07, 6.45) is 5.51. The molecule has 0 radical (unpaired) electrons. The highest BCUT2D eigenvalue weighted by Gasteiger charge is 2.67. The van der Waals surface area contributed by atoms with Gasteiger partial charge < -0.3 is 39.4 Å². The summed E-state index contributed by atoms with van der Waals surface area (Å²) in [4.78, 5) is 41.1. The first-order chi connectivity index (χ1) is 20.2. The summed E-state index contributed by atoms with van der Waals surface area (Å²) in [6.45, 7) is 12.0. The van der Waals surface area contributed by atoms with E-state index in [1.54, 1.807) is 19.9 Å². The second-order valence-corrected chi connectivity index (χ2v) is 13.1. The van der Waals surface area contributed by atoms with Crippen LogP contribution in [-0.4, -0.2) is 94.4 Å². The first-order valence-electron chi connectivity index (χ1n) is 15.4. The van der Waals surface area contributed by atoms with Gasteiger partial charge in [0.2, 0.25) is 5.91 Å². The van der Waals surface area contributed by atoms with Gasteiger partial charge in [0, 0.05) is 18.9 Å². The fourth-order valence-corrected chi connectivity index (χ4v) is 7.26. The van der Waals surface area contributed by atoms with Gasteiger partial charge in [0.25, 0.3) is 5.91 Å². The molecule has 11 nitrogen and oxygen atoms in total. The number of hydrogen-bond acceptors (Lipinski definition) is 9. The molecule has 2 bridgehead atoms. The van der Waals surface area contributed by atoms with Crippen molar-refractivity contribution in [3.05, 3.63) is 35.1 Å². The highest BCUT2D eigenvalue weighted by molar-refractivity contribution is 6.27. The van der Waals surface area contributed by atoms with Gasteiger partial charge >= 0.3 is 0 Å². The van der Waals surface area contributed by atoms with Crippen molar-refractivity contribution >= 4 is 17.6 Å². The minimum Gasteiger partial charge on any atom is -0.507 e. The summed E-state index contributed by atoms with van der Waals surface area (Å²) in [5, 5.41) is 23.7. The predicted octanol–water partition coefficient (Wildman–Crippen LogP) is 2.68. The van der Waals surface area contributed by atoms with Crippen LogP contribution in [0.1, 0.15) is 67.2 Å². The van der Waals surface area contributed by atoms with E-state index in [0.29, 0.717) is 19.4 Å². The number of ether oxygens (including phenoxy) is 4. The number of amides is 2. The van der Waals surface area contributed by atoms with Crippen LogP contribution in [0.2, 0.25) is 0 Å². The van der Waals surface area contributed by atoms with Crippen LogP contribution in [0, 0.1) is 17.8 Å². The molecule has 3 N–H and O–H groups in total. The van der Waals surface area contributed by atoms with Gasteiger partial charge in [-0.25, -0.2) is 0 Å². The minimum atomic E-state index is -1.14. The van der Waals surface area contributed by atoms with Gasteiger partial charge in [-0.2, -0.15) is 0 Å². The molecule has 11 atom stereocenters. The van der Waals surface area contributed by atoms with Crippen molar-refractivity contribution in [1.82, 2.24) is 10.2 Å². The maximum atomic E-state index is 13.6. The molecule has 2 amide bonds. The second kappa shape index (κ2) is 11.7. The third kappa shape index (κ3) is 5.59. The lowest BCUT2D eigenvalue weighted by atomic mass is 9.78. The van der Waals surface area contributed by atoms with Crippen molar-refractivity contribution in [3.63, 3.8) is 0 Å². The molecule has 5 aliphatic rings. The number of carbonyl (C=O) groups is 3. The lowest BCUT2D eigenvalue weighted by molar-refractivity contribution is -0.373. The van der Waals surface area contributed by atoms with Crippen molar-refractivity contribution in [1.29, 1.82) is 0 Å². The van der Waals surface area contributed by atoms with Gasteiger partial charge in [-0.1, -0.05) is 38.5 Å². The maximum absolute atomic E-state index is 13.6. The Kier molecular flexibility index (Phi) is 8.69. The first-order valence-corrected chi connectivity index (χ1v) is 15.4. The van der Waals surface area contributed by atoms with Gasteiger partial charge in [-0.15, -0.1) is 0 Å². The van der Waals surface area contributed by atoms with Crippen molar-refractivity contribution in [3.8, 4) is 0 Å². The van der Waals surface area contributed by atoms with E-state index >= 15 is 0 Å². The summed E-state index contributed by atoms with van der Waals surface area (Å²) in [5.41, 5.74) is 0.0790. The van der Waals surface area contributed by atoms with Gasteiger partial charge in [-0.05, 0) is 52.5 Å². The third-order valence-electron chi connectivity index (χ3n) is 10.1. The molecular formula is C32H46N2O9. The van der Waals surface area contributed by atoms with Crippen LogP contribution < -0.4 is 5.32 Å². The van der Waals surface area contributed by atoms with E-state index in [2.05, 4.69) is 19.2 Å². The van der Waals surface area contributed by atoms with E-state index in [1.165, 1.54) is 18.0 Å². The van der Waals surface area contributed by atoms with Crippen LogP contribution in [0.4, 0.5) is 0 Å². The standard InChI is InChI=1S/C32H46N2O9/c1-16(14-17(2)28-18(3)23-12-13-32(15-40-32)31(6,42-23)43-28)8-9-22(36)25-27(37)26(19(4)29(38)33-7)34(30(25)39)24-11-10-21(35)20(5)41-24/h8-9,14,17-21,23-24,26,28,35-36H,10-13,15H2,1-7H3,(H,33,38)/t17?,18?,19?,20?,21?,23?,24?,26?,28?,31-,32+/m0/s1. The Bertz CT molecular complexity index is 1240. The van der Waals surface area contributed by atoms with Gasteiger partial charge in [-0.3, -0.25) is 14.4 Å². The summed E-state index contributed by atoms with van der Waals surface area (Å²) >= 11 is 0. The van der Waals surface area contributed by atoms with Gasteiger partial charge in [0.1, 0.15) is 29.2 Å². The molecule has 238 valence electrons. The van der Waals surface area contributed by atoms with Crippen molar-refractivity contribution in [2.45, 2.75) is 115 Å². The van der Waals surface area contributed by atoms with Crippen LogP contribution in [0.3, 0.4) is 0 Å². The number of likely N-dealkylation sites (tertiary alicyclic amines) is 1. The highest BCUT2D eigenvalue weighted by Crippen LogP contribution is 2.55. The molecule has 0 aromatic carbocycles. The molecule has 5 heterocycles. The smallest absolute Gasteiger partial charge is 0.264 e. The molecule has 11 heteroatoms. The number of carbonyl (C=O) groups excluding carboxylic acids is 3. The van der Waals surface area contributed by atoms with Crippen molar-refractivity contribution < 1.29 is 43.5 Å². The lowest BCUT2D eigenvalue weighted by Crippen LogP contribution is -2.63. The summed E-state index contributed by atoms with van der Waals surface area (Å²) in [6, 6.07) is -1.14. The first kappa shape index (κ1) is 31.8. The molecule has 1 spiro atoms. The monoisotopic (exact) mass is 602 g/mol. The largest absolute Gasteiger partial charge is 0.507 e. The zero-order valence-corrected chi connectivity index (χ0v) is 26.2. The van der Waals surface area contributed by atoms with Crippen molar-refractivity contribution in [2.75, 3.05) is 13.7 Å². The Morgan fingerprint density at radius 3 is 2.47 bits per heavy atom. The number of hydrogen-bond donors (Lipinski definition) is 3. The van der Waals surface area contributed by atoms with E-state index in [4.69, 9.17) is 18.9 Å². The van der Waals surface area contributed by atoms with E-state index in [-0.39, 0.29) is 35.2 Å². The maximum Gasteiger partial charge on any atom is 0.264 e. The van der Waals surface area contributed by atoms with E-state index in [9.17, 15) is 24.6 Å². The van der Waals surface area contributed by atoms with Crippen LogP contribution in [0.25, 0.3) is 0 Å². The third-order valence-corrected chi connectivity index (χ3v) is 10.1. The number of aliphatic hydroxyl groups is 2. The van der Waals surface area contributed by atoms with Gasteiger partial charge in [0.05, 0.1) is 36.9 Å².